The van der Waals surface area contributed by atoms with Crippen molar-refractivity contribution in [3.63, 3.8) is 0 Å². The Hall–Kier alpha value is -2.67. The molecule has 0 aliphatic heterocycles. The number of halogens is 1. The highest BCUT2D eigenvalue weighted by molar-refractivity contribution is 6.34. The minimum Gasteiger partial charge on any atom is -0.345 e. The molecule has 0 saturated heterocycles. The van der Waals surface area contributed by atoms with Gasteiger partial charge >= 0.3 is 0 Å². The zero-order valence-electron chi connectivity index (χ0n) is 14.2. The van der Waals surface area contributed by atoms with E-state index in [1.807, 2.05) is 19.1 Å². The molecule has 0 aliphatic rings. The summed E-state index contributed by atoms with van der Waals surface area (Å²) in [5, 5.41) is 13.0. The molecule has 0 bridgehead atoms. The normalized spacial score (nSPS) is 11.0. The number of nitrogens with zero attached hydrogens (tertiary/aromatic N) is 4. The molecule has 2 heterocycles. The Bertz CT molecular complexity index is 1020. The van der Waals surface area contributed by atoms with Gasteiger partial charge in [0.25, 0.3) is 11.5 Å². The standard InChI is InChI=1S/C17H18ClN5O2/c1-4-12-14(18)15(22(2)20-12)16(24)19-9-13-10-7-5-6-8-11(10)17(25)23(3)21-13/h5-8H,4,9H2,1-3H3,(H,19,24). The number of carbonyl (C=O) groups excluding carboxylic acids is 1. The first kappa shape index (κ1) is 17.2. The Labute approximate surface area is 149 Å². The zero-order valence-corrected chi connectivity index (χ0v) is 15.0. The molecule has 0 saturated carbocycles. The van der Waals surface area contributed by atoms with Crippen molar-refractivity contribution in [2.45, 2.75) is 19.9 Å². The largest absolute Gasteiger partial charge is 0.345 e. The summed E-state index contributed by atoms with van der Waals surface area (Å²) in [4.78, 5) is 24.7. The van der Waals surface area contributed by atoms with Crippen LogP contribution in [0.25, 0.3) is 10.8 Å². The third-order valence-electron chi connectivity index (χ3n) is 4.05. The molecular formula is C17H18ClN5O2. The molecule has 1 amide bonds. The van der Waals surface area contributed by atoms with Crippen LogP contribution in [0.3, 0.4) is 0 Å². The van der Waals surface area contributed by atoms with Crippen LogP contribution in [0.1, 0.15) is 28.8 Å². The lowest BCUT2D eigenvalue weighted by Gasteiger charge is -2.09. The Morgan fingerprint density at radius 1 is 1.12 bits per heavy atom. The van der Waals surface area contributed by atoms with E-state index >= 15 is 0 Å². The molecular weight excluding hydrogens is 342 g/mol. The van der Waals surface area contributed by atoms with Crippen molar-refractivity contribution in [2.24, 2.45) is 14.1 Å². The molecule has 0 unspecified atom stereocenters. The van der Waals surface area contributed by atoms with E-state index in [9.17, 15) is 9.59 Å². The second-order valence-electron chi connectivity index (χ2n) is 5.69. The fourth-order valence-corrected chi connectivity index (χ4v) is 3.16. The van der Waals surface area contributed by atoms with Gasteiger partial charge in [0.15, 0.2) is 0 Å². The molecule has 0 fully saturated rings. The van der Waals surface area contributed by atoms with Crippen LogP contribution in [0.2, 0.25) is 5.02 Å². The van der Waals surface area contributed by atoms with Crippen molar-refractivity contribution in [1.82, 2.24) is 24.9 Å². The molecule has 1 N–H and O–H groups in total. The first-order valence-corrected chi connectivity index (χ1v) is 8.26. The maximum Gasteiger partial charge on any atom is 0.274 e. The number of hydrogen-bond donors (Lipinski definition) is 1. The van der Waals surface area contributed by atoms with Crippen molar-refractivity contribution in [3.05, 3.63) is 56.7 Å². The van der Waals surface area contributed by atoms with Gasteiger partial charge in [0.1, 0.15) is 5.69 Å². The van der Waals surface area contributed by atoms with Crippen LogP contribution < -0.4 is 10.9 Å². The fourth-order valence-electron chi connectivity index (χ4n) is 2.78. The number of aromatic nitrogens is 4. The molecule has 25 heavy (non-hydrogen) atoms. The molecule has 0 atom stereocenters. The minimum absolute atomic E-state index is 0.173. The maximum absolute atomic E-state index is 12.5. The second kappa shape index (κ2) is 6.68. The summed E-state index contributed by atoms with van der Waals surface area (Å²) in [5.41, 5.74) is 1.43. The van der Waals surface area contributed by atoms with Gasteiger partial charge < -0.3 is 5.32 Å². The monoisotopic (exact) mass is 359 g/mol. The van der Waals surface area contributed by atoms with Crippen molar-refractivity contribution in [3.8, 4) is 0 Å². The van der Waals surface area contributed by atoms with Gasteiger partial charge in [0, 0.05) is 19.5 Å². The number of aryl methyl sites for hydroxylation is 3. The number of nitrogens with one attached hydrogen (secondary N) is 1. The Balaban J connectivity index is 1.91. The van der Waals surface area contributed by atoms with Gasteiger partial charge in [-0.3, -0.25) is 14.3 Å². The molecule has 0 aliphatic carbocycles. The molecule has 7 nitrogen and oxygen atoms in total. The number of amides is 1. The summed E-state index contributed by atoms with van der Waals surface area (Å²) in [6, 6.07) is 7.20. The molecule has 3 aromatic rings. The van der Waals surface area contributed by atoms with Crippen LogP contribution in [0, 0.1) is 0 Å². The lowest BCUT2D eigenvalue weighted by atomic mass is 10.1. The first-order valence-electron chi connectivity index (χ1n) is 7.88. The molecule has 8 heteroatoms. The predicted molar refractivity (Wildman–Crippen MR) is 95.8 cm³/mol. The Morgan fingerprint density at radius 3 is 2.40 bits per heavy atom. The average molecular weight is 360 g/mol. The van der Waals surface area contributed by atoms with Gasteiger partial charge in [-0.2, -0.15) is 10.2 Å². The summed E-state index contributed by atoms with van der Waals surface area (Å²) in [6.07, 6.45) is 0.646. The van der Waals surface area contributed by atoms with Crippen LogP contribution in [-0.2, 0) is 27.1 Å². The van der Waals surface area contributed by atoms with Crippen LogP contribution >= 0.6 is 11.6 Å². The third kappa shape index (κ3) is 3.02. The number of rotatable bonds is 4. The highest BCUT2D eigenvalue weighted by Gasteiger charge is 2.20. The van der Waals surface area contributed by atoms with Gasteiger partial charge in [0.2, 0.25) is 0 Å². The number of benzene rings is 1. The smallest absolute Gasteiger partial charge is 0.274 e. The number of fused-ring (bicyclic) bond motifs is 1. The summed E-state index contributed by atoms with van der Waals surface area (Å²) >= 11 is 6.24. The highest BCUT2D eigenvalue weighted by atomic mass is 35.5. The Morgan fingerprint density at radius 2 is 1.76 bits per heavy atom. The summed E-state index contributed by atoms with van der Waals surface area (Å²) in [6.45, 7) is 2.10. The van der Waals surface area contributed by atoms with Crippen molar-refractivity contribution < 1.29 is 4.79 Å². The predicted octanol–water partition coefficient (Wildman–Crippen LogP) is 1.81. The number of carbonyl (C=O) groups is 1. The van der Waals surface area contributed by atoms with Crippen molar-refractivity contribution in [2.75, 3.05) is 0 Å². The molecule has 1 aromatic carbocycles. The van der Waals surface area contributed by atoms with E-state index < -0.39 is 0 Å². The van der Waals surface area contributed by atoms with Crippen LogP contribution in [0.15, 0.2) is 29.1 Å². The van der Waals surface area contributed by atoms with Crippen LogP contribution in [0.4, 0.5) is 0 Å². The Kier molecular flexibility index (Phi) is 4.59. The van der Waals surface area contributed by atoms with E-state index in [1.165, 1.54) is 9.36 Å². The average Bonchev–Trinajstić information content (AvgIpc) is 2.90. The van der Waals surface area contributed by atoms with Crippen molar-refractivity contribution in [1.29, 1.82) is 0 Å². The molecule has 0 spiro atoms. The third-order valence-corrected chi connectivity index (χ3v) is 4.45. The van der Waals surface area contributed by atoms with Gasteiger partial charge in [-0.05, 0) is 12.5 Å². The molecule has 130 valence electrons. The van der Waals surface area contributed by atoms with E-state index in [2.05, 4.69) is 15.5 Å². The van der Waals surface area contributed by atoms with E-state index in [4.69, 9.17) is 11.6 Å². The lowest BCUT2D eigenvalue weighted by molar-refractivity contribution is 0.0941. The summed E-state index contributed by atoms with van der Waals surface area (Å²) in [7, 11) is 3.27. The summed E-state index contributed by atoms with van der Waals surface area (Å²) in [5.74, 6) is -0.334. The fraction of sp³-hybridized carbons (Fsp3) is 0.294. The van der Waals surface area contributed by atoms with E-state index in [-0.39, 0.29) is 18.0 Å². The SMILES string of the molecule is CCc1nn(C)c(C(=O)NCc2nn(C)c(=O)c3ccccc23)c1Cl. The number of hydrogen-bond acceptors (Lipinski definition) is 4. The molecule has 3 rings (SSSR count). The van der Waals surface area contributed by atoms with E-state index in [1.54, 1.807) is 26.2 Å². The highest BCUT2D eigenvalue weighted by Crippen LogP contribution is 2.21. The van der Waals surface area contributed by atoms with Gasteiger partial charge in [-0.1, -0.05) is 36.7 Å². The van der Waals surface area contributed by atoms with Gasteiger partial charge in [-0.15, -0.1) is 0 Å². The van der Waals surface area contributed by atoms with E-state index in [0.717, 1.165) is 5.39 Å². The summed E-state index contributed by atoms with van der Waals surface area (Å²) < 4.78 is 2.75. The quantitative estimate of drug-likeness (QED) is 0.770. The van der Waals surface area contributed by atoms with Crippen LogP contribution in [-0.4, -0.2) is 25.5 Å². The van der Waals surface area contributed by atoms with E-state index in [0.29, 0.717) is 33.9 Å². The first-order chi connectivity index (χ1) is 11.9. The van der Waals surface area contributed by atoms with Gasteiger partial charge in [-0.25, -0.2) is 4.68 Å². The maximum atomic E-state index is 12.5. The minimum atomic E-state index is -0.334. The van der Waals surface area contributed by atoms with Crippen molar-refractivity contribution >= 4 is 28.3 Å². The molecule has 2 aromatic heterocycles. The second-order valence-corrected chi connectivity index (χ2v) is 6.07. The van der Waals surface area contributed by atoms with Crippen LogP contribution in [0.5, 0.6) is 0 Å². The topological polar surface area (TPSA) is 81.8 Å². The zero-order chi connectivity index (χ0) is 18.1. The molecule has 0 radical (unpaired) electrons. The lowest BCUT2D eigenvalue weighted by Crippen LogP contribution is -2.28. The van der Waals surface area contributed by atoms with Gasteiger partial charge in [0.05, 0.1) is 28.3 Å².